The fourth-order valence-electron chi connectivity index (χ4n) is 6.20. The zero-order valence-corrected chi connectivity index (χ0v) is 21.6. The minimum Gasteiger partial charge on any atom is -0.346 e. The molecule has 2 bridgehead atoms. The van der Waals surface area contributed by atoms with Gasteiger partial charge in [0.15, 0.2) is 5.78 Å². The highest BCUT2D eigenvalue weighted by Crippen LogP contribution is 2.40. The molecule has 3 heterocycles. The number of carbonyl (C=O) groups excluding carboxylic acids is 1. The van der Waals surface area contributed by atoms with E-state index in [1.807, 2.05) is 18.2 Å². The van der Waals surface area contributed by atoms with E-state index in [-0.39, 0.29) is 5.78 Å². The molecule has 0 spiro atoms. The smallest absolute Gasteiger partial charge is 0.161 e. The van der Waals surface area contributed by atoms with E-state index in [9.17, 15) is 4.79 Å². The second-order valence-corrected chi connectivity index (χ2v) is 11.2. The molecule has 3 aromatic rings. The first kappa shape index (κ1) is 23.1. The number of piperidine rings is 1. The molecule has 2 aromatic carbocycles. The van der Waals surface area contributed by atoms with E-state index in [2.05, 4.69) is 55.9 Å². The predicted molar refractivity (Wildman–Crippen MR) is 140 cm³/mol. The average Bonchev–Trinajstić information content (AvgIpc) is 3.28. The SMILES string of the molecule is CC(=O)c1cn(CCCN2C3CCC2CC(CCc2ccc(Cl)cc2)C3)c2c(Br)cccc12. The second-order valence-electron chi connectivity index (χ2n) is 9.91. The number of rotatable bonds is 8. The highest BCUT2D eigenvalue weighted by molar-refractivity contribution is 9.10. The first-order valence-corrected chi connectivity index (χ1v) is 13.4. The lowest BCUT2D eigenvalue weighted by molar-refractivity contribution is 0.0978. The van der Waals surface area contributed by atoms with Crippen molar-refractivity contribution >= 4 is 44.2 Å². The van der Waals surface area contributed by atoms with Gasteiger partial charge in [0.25, 0.3) is 0 Å². The maximum atomic E-state index is 12.1. The molecule has 2 aliphatic rings. The molecule has 1 aromatic heterocycles. The topological polar surface area (TPSA) is 25.2 Å². The van der Waals surface area contributed by atoms with Gasteiger partial charge in [-0.15, -0.1) is 0 Å². The lowest BCUT2D eigenvalue weighted by Crippen LogP contribution is -2.43. The molecule has 174 valence electrons. The molecule has 2 fully saturated rings. The molecule has 2 aliphatic heterocycles. The molecule has 33 heavy (non-hydrogen) atoms. The van der Waals surface area contributed by atoms with E-state index in [1.54, 1.807) is 6.92 Å². The van der Waals surface area contributed by atoms with Gasteiger partial charge in [-0.2, -0.15) is 0 Å². The zero-order chi connectivity index (χ0) is 22.9. The van der Waals surface area contributed by atoms with Crippen molar-refractivity contribution in [3.63, 3.8) is 0 Å². The summed E-state index contributed by atoms with van der Waals surface area (Å²) in [7, 11) is 0. The van der Waals surface area contributed by atoms with Crippen LogP contribution in [0, 0.1) is 5.92 Å². The standard InChI is InChI=1S/C28H32BrClN2O/c1-19(33)26-18-31(28-25(26)4-2-5-27(28)29)14-3-15-32-23-12-13-24(32)17-21(16-23)7-6-20-8-10-22(30)11-9-20/h2,4-5,8-11,18,21,23-24H,3,6-7,12-17H2,1H3. The summed E-state index contributed by atoms with van der Waals surface area (Å²) in [4.78, 5) is 14.9. The number of aryl methyl sites for hydroxylation is 2. The molecule has 2 saturated heterocycles. The highest BCUT2D eigenvalue weighted by atomic mass is 79.9. The number of fused-ring (bicyclic) bond motifs is 3. The van der Waals surface area contributed by atoms with E-state index in [0.717, 1.165) is 69.9 Å². The van der Waals surface area contributed by atoms with Crippen LogP contribution in [-0.4, -0.2) is 33.9 Å². The monoisotopic (exact) mass is 526 g/mol. The van der Waals surface area contributed by atoms with Crippen LogP contribution < -0.4 is 0 Å². The lowest BCUT2D eigenvalue weighted by Gasteiger charge is -2.39. The Kier molecular flexibility index (Phi) is 6.96. The van der Waals surface area contributed by atoms with E-state index in [0.29, 0.717) is 0 Å². The maximum absolute atomic E-state index is 12.1. The second kappa shape index (κ2) is 9.93. The molecule has 0 aliphatic carbocycles. The van der Waals surface area contributed by atoms with E-state index < -0.39 is 0 Å². The van der Waals surface area contributed by atoms with Gasteiger partial charge in [-0.3, -0.25) is 9.69 Å². The van der Waals surface area contributed by atoms with Crippen LogP contribution in [0.15, 0.2) is 53.1 Å². The first-order valence-electron chi connectivity index (χ1n) is 12.3. The summed E-state index contributed by atoms with van der Waals surface area (Å²) >= 11 is 9.73. The Hall–Kier alpha value is -1.62. The minimum absolute atomic E-state index is 0.135. The summed E-state index contributed by atoms with van der Waals surface area (Å²) in [5.74, 6) is 0.979. The third kappa shape index (κ3) is 4.94. The van der Waals surface area contributed by atoms with E-state index >= 15 is 0 Å². The number of Topliss-reactive ketones (excluding diaryl/α,β-unsaturated/α-hetero) is 1. The molecule has 0 saturated carbocycles. The van der Waals surface area contributed by atoms with Gasteiger partial charge in [-0.05, 0) is 97.5 Å². The van der Waals surface area contributed by atoms with Gasteiger partial charge in [0.1, 0.15) is 0 Å². The molecule has 5 heteroatoms. The quantitative estimate of drug-likeness (QED) is 0.283. The number of halogens is 2. The molecule has 0 radical (unpaired) electrons. The number of hydrogen-bond donors (Lipinski definition) is 0. The zero-order valence-electron chi connectivity index (χ0n) is 19.3. The van der Waals surface area contributed by atoms with Crippen molar-refractivity contribution in [2.45, 2.75) is 70.5 Å². The van der Waals surface area contributed by atoms with Gasteiger partial charge in [-0.25, -0.2) is 0 Å². The van der Waals surface area contributed by atoms with Crippen molar-refractivity contribution in [1.82, 2.24) is 9.47 Å². The molecule has 3 nitrogen and oxygen atoms in total. The molecule has 2 atom stereocenters. The normalized spacial score (nSPS) is 22.8. The largest absolute Gasteiger partial charge is 0.346 e. The number of aromatic nitrogens is 1. The third-order valence-corrected chi connectivity index (χ3v) is 8.67. The minimum atomic E-state index is 0.135. The number of nitrogens with zero attached hydrogens (tertiary/aromatic N) is 2. The van der Waals surface area contributed by atoms with Crippen LogP contribution in [-0.2, 0) is 13.0 Å². The Morgan fingerprint density at radius 2 is 1.79 bits per heavy atom. The summed E-state index contributed by atoms with van der Waals surface area (Å²) in [6.45, 7) is 3.76. The molecule has 0 N–H and O–H groups in total. The van der Waals surface area contributed by atoms with E-state index in [4.69, 9.17) is 11.6 Å². The molecular weight excluding hydrogens is 496 g/mol. The Labute approximate surface area is 210 Å². The Morgan fingerprint density at radius 1 is 1.06 bits per heavy atom. The third-order valence-electron chi connectivity index (χ3n) is 7.78. The van der Waals surface area contributed by atoms with Gasteiger partial charge >= 0.3 is 0 Å². The summed E-state index contributed by atoms with van der Waals surface area (Å²) < 4.78 is 3.34. The van der Waals surface area contributed by atoms with Crippen molar-refractivity contribution in [2.75, 3.05) is 6.54 Å². The Balaban J connectivity index is 1.18. The predicted octanol–water partition coefficient (Wildman–Crippen LogP) is 7.53. The first-order chi connectivity index (χ1) is 16.0. The summed E-state index contributed by atoms with van der Waals surface area (Å²) in [5.41, 5.74) is 3.38. The number of benzene rings is 2. The average molecular weight is 528 g/mol. The molecular formula is C28H32BrClN2O. The van der Waals surface area contributed by atoms with Gasteiger partial charge in [0, 0.05) is 51.8 Å². The molecule has 5 rings (SSSR count). The number of para-hydroxylation sites is 1. The number of hydrogen-bond acceptors (Lipinski definition) is 2. The van der Waals surface area contributed by atoms with Crippen LogP contribution in [0.1, 0.15) is 61.4 Å². The van der Waals surface area contributed by atoms with Crippen LogP contribution >= 0.6 is 27.5 Å². The maximum Gasteiger partial charge on any atom is 0.161 e. The van der Waals surface area contributed by atoms with Crippen LogP contribution in [0.3, 0.4) is 0 Å². The molecule has 2 unspecified atom stereocenters. The fraction of sp³-hybridized carbons (Fsp3) is 0.464. The summed E-state index contributed by atoms with van der Waals surface area (Å²) in [5, 5.41) is 1.88. The Morgan fingerprint density at radius 3 is 2.48 bits per heavy atom. The summed E-state index contributed by atoms with van der Waals surface area (Å²) in [6.07, 6.45) is 11.0. The van der Waals surface area contributed by atoms with Crippen LogP contribution in [0.5, 0.6) is 0 Å². The fourth-order valence-corrected chi connectivity index (χ4v) is 6.92. The number of ketones is 1. The van der Waals surface area contributed by atoms with E-state index in [1.165, 1.54) is 37.7 Å². The van der Waals surface area contributed by atoms with Crippen LogP contribution in [0.4, 0.5) is 0 Å². The van der Waals surface area contributed by atoms with Gasteiger partial charge in [-0.1, -0.05) is 35.9 Å². The van der Waals surface area contributed by atoms with Gasteiger partial charge in [0.05, 0.1) is 5.52 Å². The van der Waals surface area contributed by atoms with Crippen LogP contribution in [0.25, 0.3) is 10.9 Å². The summed E-state index contributed by atoms with van der Waals surface area (Å²) in [6, 6.07) is 16.0. The van der Waals surface area contributed by atoms with Crippen LogP contribution in [0.2, 0.25) is 5.02 Å². The van der Waals surface area contributed by atoms with Gasteiger partial charge in [0.2, 0.25) is 0 Å². The van der Waals surface area contributed by atoms with Crippen molar-refractivity contribution < 1.29 is 4.79 Å². The Bertz CT molecular complexity index is 1120. The lowest BCUT2D eigenvalue weighted by atomic mass is 9.86. The van der Waals surface area contributed by atoms with Crippen molar-refractivity contribution in [1.29, 1.82) is 0 Å². The molecule has 0 amide bonds. The van der Waals surface area contributed by atoms with Crippen molar-refractivity contribution in [3.05, 3.63) is 69.3 Å². The van der Waals surface area contributed by atoms with Gasteiger partial charge < -0.3 is 4.57 Å². The number of carbonyl (C=O) groups is 1. The highest BCUT2D eigenvalue weighted by Gasteiger charge is 2.39. The van der Waals surface area contributed by atoms with Crippen molar-refractivity contribution in [2.24, 2.45) is 5.92 Å². The van der Waals surface area contributed by atoms with Crippen molar-refractivity contribution in [3.8, 4) is 0 Å².